The first-order valence-electron chi connectivity index (χ1n) is 20.7. The van der Waals surface area contributed by atoms with Gasteiger partial charge in [0.2, 0.25) is 0 Å². The molecule has 62 heavy (non-hydrogen) atoms. The summed E-state index contributed by atoms with van der Waals surface area (Å²) in [5, 5.41) is 11.3. The Morgan fingerprint density at radius 2 is 1.24 bits per heavy atom. The maximum absolute atomic E-state index is 13.5. The van der Waals surface area contributed by atoms with Crippen molar-refractivity contribution in [1.82, 2.24) is 19.1 Å². The molecule has 2 aliphatic heterocycles. The molecule has 4 aromatic carbocycles. The molecule has 8 rings (SSSR count). The van der Waals surface area contributed by atoms with Gasteiger partial charge in [-0.25, -0.2) is 18.7 Å². The van der Waals surface area contributed by atoms with Gasteiger partial charge in [-0.05, 0) is 115 Å². The number of aryl methyl sites for hydroxylation is 1. The second kappa shape index (κ2) is 23.4. The number of carbonyl (C=O) groups excluding carboxylic acids is 1. The van der Waals surface area contributed by atoms with Crippen molar-refractivity contribution >= 4 is 22.2 Å². The van der Waals surface area contributed by atoms with Crippen LogP contribution in [0.25, 0.3) is 22.5 Å². The minimum Gasteiger partial charge on any atom is -0.497 e. The Bertz CT molecular complexity index is 2300. The van der Waals surface area contributed by atoms with Gasteiger partial charge in [-0.3, -0.25) is 4.79 Å². The summed E-state index contributed by atoms with van der Waals surface area (Å²) in [6.07, 6.45) is 6.68. The topological polar surface area (TPSA) is 82.2 Å². The van der Waals surface area contributed by atoms with Crippen molar-refractivity contribution in [3.63, 3.8) is 0 Å². The van der Waals surface area contributed by atoms with Crippen molar-refractivity contribution in [2.75, 3.05) is 7.11 Å². The molecule has 326 valence electrons. The number of ether oxygens (including phenoxy) is 1. The monoisotopic (exact) mass is 902 g/mol. The van der Waals surface area contributed by atoms with Crippen molar-refractivity contribution in [2.45, 2.75) is 118 Å². The predicted molar refractivity (Wildman–Crippen MR) is 248 cm³/mol. The number of fused-ring (bicyclic) bond motifs is 2. The van der Waals surface area contributed by atoms with E-state index in [0.29, 0.717) is 5.69 Å². The SMILES string of the molecule is C.CC1(C)CCCn2c1nc(-c1ccc(F)cc1)c2Br.COc1ccc(C(O)c2c(-c3ccc(F)cc3)nc3n2CCCC3(C)C)cc1.Cc1ccc(C=O)cc1.[CH2-]CCC.[Li+]. The van der Waals surface area contributed by atoms with E-state index in [1.807, 2.05) is 55.5 Å². The summed E-state index contributed by atoms with van der Waals surface area (Å²) >= 11 is 3.65. The van der Waals surface area contributed by atoms with Gasteiger partial charge in [0.05, 0.1) is 18.5 Å². The van der Waals surface area contributed by atoms with Crippen molar-refractivity contribution in [1.29, 1.82) is 0 Å². The number of methoxy groups -OCH3 is 1. The standard InChI is InChI=1S/C23H25FN2O2.C15H16BrFN2.C8H8O.C4H9.CH4.Li/c1-23(2)13-4-14-26-20(21(27)16-7-11-18(28-3)12-8-16)19(25-22(23)26)15-5-9-17(24)10-6-15;1-15(2)8-3-9-19-13(16)12(18-14(15)19)10-4-6-11(17)7-5-10;1-7-2-4-8(6-9)5-3-7;1-3-4-2;;/h5-12,21,27H,4,13-14H2,1-3H3;4-7H,3,8-9H2,1-2H3;2-6H,1H3;1,3-4H2,2H3;1H4;/q;;;-1;;+1. The normalized spacial score (nSPS) is 14.5. The van der Waals surface area contributed by atoms with E-state index in [9.17, 15) is 18.7 Å². The first kappa shape index (κ1) is 52.0. The molecule has 7 nitrogen and oxygen atoms in total. The van der Waals surface area contributed by atoms with Crippen LogP contribution in [-0.2, 0) is 23.9 Å². The largest absolute Gasteiger partial charge is 1.00 e. The quantitative estimate of drug-likeness (QED) is 0.0981. The van der Waals surface area contributed by atoms with E-state index in [2.05, 4.69) is 66.6 Å². The zero-order valence-corrected chi connectivity index (χ0v) is 38.5. The van der Waals surface area contributed by atoms with Gasteiger partial charge in [0, 0.05) is 40.6 Å². The Hall–Kier alpha value is -4.33. The van der Waals surface area contributed by atoms with Gasteiger partial charge in [-0.1, -0.05) is 90.4 Å². The first-order chi connectivity index (χ1) is 28.6. The van der Waals surface area contributed by atoms with Crippen molar-refractivity contribution in [3.05, 3.63) is 154 Å². The number of aliphatic hydroxyl groups is 1. The van der Waals surface area contributed by atoms with Crippen LogP contribution in [0.15, 0.2) is 102 Å². The fourth-order valence-electron chi connectivity index (χ4n) is 7.42. The van der Waals surface area contributed by atoms with Gasteiger partial charge in [-0.2, -0.15) is 6.42 Å². The number of aromatic nitrogens is 4. The molecule has 2 aliphatic rings. The van der Waals surface area contributed by atoms with Crippen LogP contribution < -0.4 is 23.6 Å². The Balaban J connectivity index is 0.000000259. The van der Waals surface area contributed by atoms with Crippen LogP contribution >= 0.6 is 15.9 Å². The first-order valence-corrected chi connectivity index (χ1v) is 21.5. The zero-order valence-electron chi connectivity index (χ0n) is 36.9. The fraction of sp³-hybridized carbons (Fsp3) is 0.373. The molecule has 1 unspecified atom stereocenters. The van der Waals surface area contributed by atoms with Gasteiger partial charge >= 0.3 is 18.9 Å². The van der Waals surface area contributed by atoms with E-state index in [-0.39, 0.29) is 48.8 Å². The minimum atomic E-state index is -0.832. The van der Waals surface area contributed by atoms with Crippen LogP contribution in [0.2, 0.25) is 0 Å². The smallest absolute Gasteiger partial charge is 0.497 e. The molecule has 0 saturated carbocycles. The Morgan fingerprint density at radius 1 is 0.790 bits per heavy atom. The van der Waals surface area contributed by atoms with Gasteiger partial charge < -0.3 is 25.9 Å². The number of hydrogen-bond acceptors (Lipinski definition) is 5. The van der Waals surface area contributed by atoms with E-state index in [1.165, 1.54) is 36.2 Å². The molecule has 4 heterocycles. The maximum Gasteiger partial charge on any atom is 1.00 e. The van der Waals surface area contributed by atoms with Crippen LogP contribution in [0, 0.1) is 25.5 Å². The van der Waals surface area contributed by atoms with Crippen LogP contribution in [0.5, 0.6) is 5.75 Å². The summed E-state index contributed by atoms with van der Waals surface area (Å²) in [5.41, 5.74) is 6.85. The average Bonchev–Trinajstić information content (AvgIpc) is 3.82. The van der Waals surface area contributed by atoms with Crippen molar-refractivity contribution < 1.29 is 42.3 Å². The van der Waals surface area contributed by atoms with Crippen LogP contribution in [0.4, 0.5) is 8.78 Å². The number of benzene rings is 4. The molecule has 0 bridgehead atoms. The number of hydrogen-bond donors (Lipinski definition) is 1. The number of halogens is 3. The third kappa shape index (κ3) is 12.7. The summed E-state index contributed by atoms with van der Waals surface area (Å²) in [6, 6.07) is 27.7. The third-order valence-electron chi connectivity index (χ3n) is 11.0. The second-order valence-corrected chi connectivity index (χ2v) is 17.3. The van der Waals surface area contributed by atoms with Crippen molar-refractivity contribution in [3.8, 4) is 28.3 Å². The number of unbranched alkanes of at least 4 members (excludes halogenated alkanes) is 1. The molecule has 0 saturated heterocycles. The maximum atomic E-state index is 13.5. The van der Waals surface area contributed by atoms with Crippen LogP contribution in [-0.4, -0.2) is 37.6 Å². The number of aliphatic hydroxyl groups excluding tert-OH is 1. The fourth-order valence-corrected chi connectivity index (χ4v) is 8.08. The van der Waals surface area contributed by atoms with E-state index < -0.39 is 6.10 Å². The molecular formula is C51H62BrF2LiN4O3. The molecular weight excluding hydrogens is 841 g/mol. The number of imidazole rings is 2. The summed E-state index contributed by atoms with van der Waals surface area (Å²) in [7, 11) is 1.62. The minimum absolute atomic E-state index is 0. The van der Waals surface area contributed by atoms with Gasteiger partial charge in [-0.15, -0.1) is 0 Å². The second-order valence-electron chi connectivity index (χ2n) is 16.6. The molecule has 0 amide bonds. The summed E-state index contributed by atoms with van der Waals surface area (Å²) in [4.78, 5) is 19.9. The predicted octanol–water partition coefficient (Wildman–Crippen LogP) is 10.4. The third-order valence-corrected chi connectivity index (χ3v) is 11.8. The number of aldehydes is 1. The Labute approximate surface area is 388 Å². The van der Waals surface area contributed by atoms with Crippen LogP contribution in [0.3, 0.4) is 0 Å². The number of carbonyl (C=O) groups is 1. The molecule has 2 aromatic heterocycles. The summed E-state index contributed by atoms with van der Waals surface area (Å²) in [5.74, 6) is 2.33. The van der Waals surface area contributed by atoms with Gasteiger partial charge in [0.1, 0.15) is 51.7 Å². The Morgan fingerprint density at radius 3 is 1.69 bits per heavy atom. The van der Waals surface area contributed by atoms with E-state index in [0.717, 1.165) is 107 Å². The molecule has 0 radical (unpaired) electrons. The molecule has 6 aromatic rings. The summed E-state index contributed by atoms with van der Waals surface area (Å²) in [6.45, 7) is 18.3. The molecule has 0 spiro atoms. The molecule has 1 atom stereocenters. The van der Waals surface area contributed by atoms with Crippen molar-refractivity contribution in [2.24, 2.45) is 0 Å². The van der Waals surface area contributed by atoms with Crippen LogP contribution in [0.1, 0.15) is 126 Å². The zero-order chi connectivity index (χ0) is 43.6. The van der Waals surface area contributed by atoms with Gasteiger partial charge in [0.15, 0.2) is 0 Å². The number of nitrogens with zero attached hydrogens (tertiary/aromatic N) is 4. The average molecular weight is 904 g/mol. The molecule has 0 fully saturated rings. The van der Waals surface area contributed by atoms with E-state index in [4.69, 9.17) is 14.7 Å². The van der Waals surface area contributed by atoms with E-state index >= 15 is 0 Å². The molecule has 0 aliphatic carbocycles. The summed E-state index contributed by atoms with van der Waals surface area (Å²) < 4.78 is 37.1. The Kier molecular flexibility index (Phi) is 19.6. The van der Waals surface area contributed by atoms with Gasteiger partial charge in [0.25, 0.3) is 0 Å². The molecule has 1 N–H and O–H groups in total. The number of rotatable bonds is 7. The van der Waals surface area contributed by atoms with E-state index in [1.54, 1.807) is 31.4 Å². The molecule has 11 heteroatoms.